The van der Waals surface area contributed by atoms with Gasteiger partial charge in [0.2, 0.25) is 0 Å². The highest BCUT2D eigenvalue weighted by molar-refractivity contribution is 7.25. The van der Waals surface area contributed by atoms with Crippen LogP contribution in [0.2, 0.25) is 0 Å². The molecule has 8 aromatic carbocycles. The first-order valence-electron chi connectivity index (χ1n) is 16.3. The molecular weight excluding hydrogens is 603 g/mol. The summed E-state index contributed by atoms with van der Waals surface area (Å²) in [6.07, 6.45) is 0. The molecule has 0 aliphatic carbocycles. The predicted octanol–water partition coefficient (Wildman–Crippen LogP) is 12.2. The lowest BCUT2D eigenvalue weighted by molar-refractivity contribution is 1.08. The highest BCUT2D eigenvalue weighted by Gasteiger charge is 2.21. The third-order valence-electron chi connectivity index (χ3n) is 9.96. The molecule has 0 N–H and O–H groups in total. The van der Waals surface area contributed by atoms with Gasteiger partial charge in [0.05, 0.1) is 22.1 Å². The summed E-state index contributed by atoms with van der Waals surface area (Å²) in [4.78, 5) is 10.7. The third-order valence-corrected chi connectivity index (χ3v) is 11.1. The second-order valence-electron chi connectivity index (χ2n) is 12.6. The van der Waals surface area contributed by atoms with Gasteiger partial charge in [-0.25, -0.2) is 9.97 Å². The molecule has 0 bridgehead atoms. The topological polar surface area (TPSA) is 30.7 Å². The molecule has 3 aromatic heterocycles. The Labute approximate surface area is 278 Å². The van der Waals surface area contributed by atoms with Crippen molar-refractivity contribution in [2.24, 2.45) is 0 Å². The molecule has 0 aliphatic rings. The fraction of sp³-hybridized carbons (Fsp3) is 0. The van der Waals surface area contributed by atoms with E-state index in [0.29, 0.717) is 0 Å². The fourth-order valence-electron chi connectivity index (χ4n) is 7.82. The van der Waals surface area contributed by atoms with Crippen LogP contribution >= 0.6 is 11.3 Å². The van der Waals surface area contributed by atoms with Gasteiger partial charge in [0.1, 0.15) is 5.69 Å². The Hall–Kier alpha value is -6.10. The number of benzene rings is 8. The minimum Gasteiger partial charge on any atom is -0.292 e. The van der Waals surface area contributed by atoms with Crippen molar-refractivity contribution in [2.45, 2.75) is 0 Å². The Morgan fingerprint density at radius 2 is 1.06 bits per heavy atom. The van der Waals surface area contributed by atoms with Crippen LogP contribution in [-0.4, -0.2) is 14.5 Å². The number of thiophene rings is 1. The van der Waals surface area contributed by atoms with Crippen molar-refractivity contribution < 1.29 is 0 Å². The summed E-state index contributed by atoms with van der Waals surface area (Å²) in [6, 6.07) is 54.7. The first-order chi connectivity index (χ1) is 23.8. The van der Waals surface area contributed by atoms with Crippen molar-refractivity contribution >= 4 is 96.7 Å². The molecule has 222 valence electrons. The molecule has 3 nitrogen and oxygen atoms in total. The molecule has 0 saturated heterocycles. The molecule has 0 spiro atoms. The molecule has 11 aromatic rings. The van der Waals surface area contributed by atoms with E-state index < -0.39 is 0 Å². The maximum absolute atomic E-state index is 5.39. The van der Waals surface area contributed by atoms with E-state index in [2.05, 4.69) is 144 Å². The van der Waals surface area contributed by atoms with Gasteiger partial charge in [-0.1, -0.05) is 115 Å². The van der Waals surface area contributed by atoms with E-state index in [1.165, 1.54) is 63.3 Å². The number of para-hydroxylation sites is 3. The van der Waals surface area contributed by atoms with Gasteiger partial charge in [-0.15, -0.1) is 11.3 Å². The largest absolute Gasteiger partial charge is 0.292 e. The molecule has 48 heavy (non-hydrogen) atoms. The molecule has 4 heteroatoms. The van der Waals surface area contributed by atoms with E-state index in [1.54, 1.807) is 0 Å². The van der Waals surface area contributed by atoms with Gasteiger partial charge in [0, 0.05) is 36.5 Å². The van der Waals surface area contributed by atoms with Crippen molar-refractivity contribution in [3.8, 4) is 17.1 Å². The van der Waals surface area contributed by atoms with Crippen molar-refractivity contribution in [3.63, 3.8) is 0 Å². The minimum absolute atomic E-state index is 0.839. The molecule has 0 radical (unpaired) electrons. The third kappa shape index (κ3) is 3.58. The molecule has 0 unspecified atom stereocenters. The van der Waals surface area contributed by atoms with E-state index in [1.807, 2.05) is 23.5 Å². The van der Waals surface area contributed by atoms with Gasteiger partial charge >= 0.3 is 0 Å². The first kappa shape index (κ1) is 26.0. The van der Waals surface area contributed by atoms with Gasteiger partial charge in [-0.05, 0) is 68.7 Å². The highest BCUT2D eigenvalue weighted by atomic mass is 32.1. The smallest absolute Gasteiger partial charge is 0.165 e. The van der Waals surface area contributed by atoms with E-state index in [9.17, 15) is 0 Å². The predicted molar refractivity (Wildman–Crippen MR) is 205 cm³/mol. The fourth-order valence-corrected chi connectivity index (χ4v) is 8.97. The zero-order chi connectivity index (χ0) is 31.3. The Morgan fingerprint density at radius 3 is 1.98 bits per heavy atom. The average Bonchev–Trinajstić information content (AvgIpc) is 3.69. The van der Waals surface area contributed by atoms with Gasteiger partial charge in [0.25, 0.3) is 0 Å². The van der Waals surface area contributed by atoms with Crippen LogP contribution in [-0.2, 0) is 0 Å². The molecular formula is C44H25N3S. The van der Waals surface area contributed by atoms with E-state index in [0.717, 1.165) is 39.1 Å². The Bertz CT molecular complexity index is 3130. The molecule has 0 amide bonds. The van der Waals surface area contributed by atoms with Crippen molar-refractivity contribution in [3.05, 3.63) is 152 Å². The monoisotopic (exact) mass is 627 g/mol. The number of nitrogens with zero attached hydrogens (tertiary/aromatic N) is 3. The van der Waals surface area contributed by atoms with Gasteiger partial charge in [-0.3, -0.25) is 4.57 Å². The summed E-state index contributed by atoms with van der Waals surface area (Å²) < 4.78 is 4.88. The molecule has 0 fully saturated rings. The minimum atomic E-state index is 0.839. The van der Waals surface area contributed by atoms with Crippen molar-refractivity contribution in [1.29, 1.82) is 0 Å². The van der Waals surface area contributed by atoms with Crippen molar-refractivity contribution in [2.75, 3.05) is 0 Å². The normalized spacial score (nSPS) is 12.2. The molecule has 3 heterocycles. The van der Waals surface area contributed by atoms with Crippen LogP contribution in [0.25, 0.3) is 102 Å². The van der Waals surface area contributed by atoms with E-state index >= 15 is 0 Å². The van der Waals surface area contributed by atoms with Gasteiger partial charge in [0.15, 0.2) is 5.82 Å². The van der Waals surface area contributed by atoms with Crippen LogP contribution in [0.3, 0.4) is 0 Å². The van der Waals surface area contributed by atoms with Crippen LogP contribution in [0.15, 0.2) is 152 Å². The van der Waals surface area contributed by atoms with Gasteiger partial charge < -0.3 is 0 Å². The zero-order valence-electron chi connectivity index (χ0n) is 25.7. The van der Waals surface area contributed by atoms with E-state index in [-0.39, 0.29) is 0 Å². The molecule has 0 saturated carbocycles. The number of rotatable bonds is 2. The lowest BCUT2D eigenvalue weighted by Crippen LogP contribution is -2.03. The maximum atomic E-state index is 5.39. The van der Waals surface area contributed by atoms with Gasteiger partial charge in [-0.2, -0.15) is 0 Å². The standard InChI is InChI=1S/C44H25N3S/c1-2-10-29-26(9-1)17-18-27-19-22-33-32(41(27)29)23-24-38-42(33)34-12-3-7-15-37(34)47(38)44-43(45-35-13-5-6-14-36(35)46-44)28-20-21-31-30-11-4-8-16-39(30)48-40(31)25-28/h1-25H. The quantitative estimate of drug-likeness (QED) is 0.179. The van der Waals surface area contributed by atoms with Crippen LogP contribution in [0.5, 0.6) is 0 Å². The molecule has 0 aliphatic heterocycles. The zero-order valence-corrected chi connectivity index (χ0v) is 26.5. The SMILES string of the molecule is c1ccc2c(c1)ccc1ccc3c(ccc4c3c3ccccc3n4-c3nc4ccccc4nc3-c3ccc4c(c3)sc3ccccc34)c12. The summed E-state index contributed by atoms with van der Waals surface area (Å²) in [6.45, 7) is 0. The summed E-state index contributed by atoms with van der Waals surface area (Å²) in [5.41, 5.74) is 5.94. The van der Waals surface area contributed by atoms with Crippen LogP contribution in [0, 0.1) is 0 Å². The molecule has 11 rings (SSSR count). The second-order valence-corrected chi connectivity index (χ2v) is 13.6. The summed E-state index contributed by atoms with van der Waals surface area (Å²) in [5, 5.41) is 12.6. The van der Waals surface area contributed by atoms with Crippen molar-refractivity contribution in [1.82, 2.24) is 14.5 Å². The van der Waals surface area contributed by atoms with Crippen LogP contribution in [0.1, 0.15) is 0 Å². The lowest BCUT2D eigenvalue weighted by atomic mass is 9.94. The Kier molecular flexibility index (Phi) is 5.26. The number of hydrogen-bond donors (Lipinski definition) is 0. The Balaban J connectivity index is 1.26. The van der Waals surface area contributed by atoms with Crippen LogP contribution < -0.4 is 0 Å². The molecule has 0 atom stereocenters. The Morgan fingerprint density at radius 1 is 0.417 bits per heavy atom. The maximum Gasteiger partial charge on any atom is 0.165 e. The summed E-state index contributed by atoms with van der Waals surface area (Å²) in [7, 11) is 0. The highest BCUT2D eigenvalue weighted by Crippen LogP contribution is 2.43. The second kappa shape index (κ2) is 9.71. The number of fused-ring (bicyclic) bond motifs is 13. The average molecular weight is 628 g/mol. The lowest BCUT2D eigenvalue weighted by Gasteiger charge is -2.14. The summed E-state index contributed by atoms with van der Waals surface area (Å²) >= 11 is 1.83. The summed E-state index contributed by atoms with van der Waals surface area (Å²) in [5.74, 6) is 0.839. The number of aromatic nitrogens is 3. The van der Waals surface area contributed by atoms with Crippen LogP contribution in [0.4, 0.5) is 0 Å². The first-order valence-corrected chi connectivity index (χ1v) is 17.1. The number of hydrogen-bond acceptors (Lipinski definition) is 3. The van der Waals surface area contributed by atoms with E-state index in [4.69, 9.17) is 9.97 Å².